The molecule has 2 fully saturated rings. The molecule has 4 rings (SSSR count). The number of sulfone groups is 1. The van der Waals surface area contributed by atoms with Crippen LogP contribution in [0, 0.1) is 5.92 Å². The highest BCUT2D eigenvalue weighted by Crippen LogP contribution is 2.38. The molecule has 1 heterocycles. The summed E-state index contributed by atoms with van der Waals surface area (Å²) >= 11 is 0. The Kier molecular flexibility index (Phi) is 4.25. The number of hydrogen-bond acceptors (Lipinski definition) is 4. The van der Waals surface area contributed by atoms with Crippen LogP contribution in [-0.4, -0.2) is 50.7 Å². The minimum Gasteiger partial charge on any atom is -0.340 e. The van der Waals surface area contributed by atoms with Gasteiger partial charge in [-0.05, 0) is 35.7 Å². The molecule has 0 aromatic heterocycles. The van der Waals surface area contributed by atoms with Crippen molar-refractivity contribution in [1.29, 1.82) is 0 Å². The Hall–Kier alpha value is -1.92. The summed E-state index contributed by atoms with van der Waals surface area (Å²) < 4.78 is 25.7. The molecule has 2 aromatic rings. The van der Waals surface area contributed by atoms with E-state index in [-0.39, 0.29) is 11.8 Å². The van der Waals surface area contributed by atoms with E-state index in [0.717, 1.165) is 37.0 Å². The molecule has 0 bridgehead atoms. The predicted molar refractivity (Wildman–Crippen MR) is 97.1 cm³/mol. The van der Waals surface area contributed by atoms with Crippen LogP contribution in [0.5, 0.6) is 0 Å². The maximum atomic E-state index is 12.9. The molecule has 1 amide bonds. The maximum Gasteiger partial charge on any atom is 0.225 e. The summed E-state index contributed by atoms with van der Waals surface area (Å²) in [6.45, 7) is 3.07. The smallest absolute Gasteiger partial charge is 0.225 e. The molecule has 132 valence electrons. The number of rotatable bonds is 3. The molecule has 5 nitrogen and oxygen atoms in total. The third-order valence-corrected chi connectivity index (χ3v) is 7.53. The highest BCUT2D eigenvalue weighted by molar-refractivity contribution is 7.92. The summed E-state index contributed by atoms with van der Waals surface area (Å²) in [5, 5.41) is 4.74. The number of benzene rings is 2. The second-order valence-corrected chi connectivity index (χ2v) is 9.15. The van der Waals surface area contributed by atoms with Crippen LogP contribution in [-0.2, 0) is 14.6 Å². The third-order valence-electron chi connectivity index (χ3n) is 5.36. The van der Waals surface area contributed by atoms with Crippen LogP contribution in [0.4, 0.5) is 0 Å². The molecule has 1 saturated heterocycles. The molecular formula is C19H22N2O3S. The van der Waals surface area contributed by atoms with Crippen molar-refractivity contribution in [2.24, 2.45) is 5.92 Å². The van der Waals surface area contributed by atoms with Gasteiger partial charge in [0.1, 0.15) is 0 Å². The van der Waals surface area contributed by atoms with Crippen molar-refractivity contribution in [3.8, 4) is 0 Å². The van der Waals surface area contributed by atoms with Gasteiger partial charge in [-0.25, -0.2) is 8.42 Å². The van der Waals surface area contributed by atoms with Crippen LogP contribution >= 0.6 is 0 Å². The Morgan fingerprint density at radius 2 is 1.68 bits per heavy atom. The number of nitrogens with zero attached hydrogens (tertiary/aromatic N) is 1. The second kappa shape index (κ2) is 6.42. The molecular weight excluding hydrogens is 336 g/mol. The van der Waals surface area contributed by atoms with E-state index in [1.165, 1.54) is 0 Å². The number of carbonyl (C=O) groups excluding carboxylic acids is 1. The van der Waals surface area contributed by atoms with Gasteiger partial charge in [-0.1, -0.05) is 30.3 Å². The van der Waals surface area contributed by atoms with E-state index in [0.29, 0.717) is 17.7 Å². The molecule has 1 N–H and O–H groups in total. The first-order chi connectivity index (χ1) is 12.1. The Morgan fingerprint density at radius 3 is 2.40 bits per heavy atom. The maximum absolute atomic E-state index is 12.9. The van der Waals surface area contributed by atoms with Crippen molar-refractivity contribution in [2.45, 2.75) is 23.0 Å². The number of piperazine rings is 1. The third kappa shape index (κ3) is 3.04. The van der Waals surface area contributed by atoms with Gasteiger partial charge in [0.25, 0.3) is 0 Å². The first-order valence-corrected chi connectivity index (χ1v) is 10.3. The van der Waals surface area contributed by atoms with Gasteiger partial charge in [0.15, 0.2) is 9.84 Å². The number of amides is 1. The normalized spacial score (nSPS) is 24.1. The summed E-state index contributed by atoms with van der Waals surface area (Å²) in [6, 6.07) is 13.0. The number of fused-ring (bicyclic) bond motifs is 1. The Balaban J connectivity index is 1.47. The molecule has 1 aliphatic heterocycles. The topological polar surface area (TPSA) is 66.5 Å². The molecule has 0 atom stereocenters. The van der Waals surface area contributed by atoms with Crippen molar-refractivity contribution in [1.82, 2.24) is 10.2 Å². The Bertz CT molecular complexity index is 898. The molecule has 2 aromatic carbocycles. The van der Waals surface area contributed by atoms with Gasteiger partial charge >= 0.3 is 0 Å². The molecule has 0 radical (unpaired) electrons. The molecule has 2 aliphatic rings. The van der Waals surface area contributed by atoms with E-state index in [2.05, 4.69) is 5.32 Å². The lowest BCUT2D eigenvalue weighted by Crippen LogP contribution is -2.52. The van der Waals surface area contributed by atoms with Crippen molar-refractivity contribution in [3.63, 3.8) is 0 Å². The molecule has 25 heavy (non-hydrogen) atoms. The van der Waals surface area contributed by atoms with E-state index >= 15 is 0 Å². The molecule has 1 saturated carbocycles. The van der Waals surface area contributed by atoms with E-state index in [1.54, 1.807) is 12.1 Å². The zero-order chi connectivity index (χ0) is 17.4. The summed E-state index contributed by atoms with van der Waals surface area (Å²) in [5.41, 5.74) is 0. The van der Waals surface area contributed by atoms with Crippen molar-refractivity contribution in [3.05, 3.63) is 42.5 Å². The summed E-state index contributed by atoms with van der Waals surface area (Å²) in [4.78, 5) is 14.7. The van der Waals surface area contributed by atoms with Gasteiger partial charge in [-0.2, -0.15) is 0 Å². The fraction of sp³-hybridized carbons (Fsp3) is 0.421. The Labute approximate surface area is 147 Å². The first-order valence-electron chi connectivity index (χ1n) is 8.78. The average Bonchev–Trinajstić information content (AvgIpc) is 2.60. The fourth-order valence-corrected chi connectivity index (χ4v) is 5.61. The lowest BCUT2D eigenvalue weighted by atomic mass is 9.83. The van der Waals surface area contributed by atoms with Gasteiger partial charge in [0, 0.05) is 32.1 Å². The number of hydrogen-bond donors (Lipinski definition) is 1. The molecule has 1 aliphatic carbocycles. The molecule has 6 heteroatoms. The van der Waals surface area contributed by atoms with Crippen LogP contribution in [0.25, 0.3) is 10.8 Å². The number of nitrogens with one attached hydrogen (secondary N) is 1. The highest BCUT2D eigenvalue weighted by Gasteiger charge is 2.44. The van der Waals surface area contributed by atoms with Crippen LogP contribution in [0.15, 0.2) is 47.4 Å². The van der Waals surface area contributed by atoms with Gasteiger partial charge in [-0.3, -0.25) is 4.79 Å². The van der Waals surface area contributed by atoms with E-state index in [9.17, 15) is 13.2 Å². The number of carbonyl (C=O) groups is 1. The van der Waals surface area contributed by atoms with Crippen molar-refractivity contribution in [2.75, 3.05) is 26.2 Å². The average molecular weight is 358 g/mol. The SMILES string of the molecule is O=C(C1CC(S(=O)(=O)c2ccc3ccccc3c2)C1)N1CCNCC1. The first kappa shape index (κ1) is 16.5. The van der Waals surface area contributed by atoms with Crippen molar-refractivity contribution < 1.29 is 13.2 Å². The van der Waals surface area contributed by atoms with E-state index < -0.39 is 15.1 Å². The van der Waals surface area contributed by atoms with E-state index in [4.69, 9.17) is 0 Å². The van der Waals surface area contributed by atoms with Crippen LogP contribution < -0.4 is 5.32 Å². The van der Waals surface area contributed by atoms with Crippen molar-refractivity contribution >= 4 is 26.5 Å². The van der Waals surface area contributed by atoms with Gasteiger partial charge < -0.3 is 10.2 Å². The lowest BCUT2D eigenvalue weighted by molar-refractivity contribution is -0.138. The van der Waals surface area contributed by atoms with E-state index in [1.807, 2.05) is 35.2 Å². The molecule has 0 spiro atoms. The van der Waals surface area contributed by atoms with Crippen LogP contribution in [0.2, 0.25) is 0 Å². The minimum atomic E-state index is -3.37. The standard InChI is InChI=1S/C19H22N2O3S/c22-19(21-9-7-20-8-10-21)16-12-18(13-16)25(23,24)17-6-5-14-3-1-2-4-15(14)11-17/h1-6,11,16,18,20H,7-10,12-13H2. The van der Waals surface area contributed by atoms with Gasteiger partial charge in [0.05, 0.1) is 10.1 Å². The van der Waals surface area contributed by atoms with Gasteiger partial charge in [-0.15, -0.1) is 0 Å². The quantitative estimate of drug-likeness (QED) is 0.909. The predicted octanol–water partition coefficient (Wildman–Crippen LogP) is 1.82. The second-order valence-electron chi connectivity index (χ2n) is 6.92. The summed E-state index contributed by atoms with van der Waals surface area (Å²) in [5.74, 6) is -0.0233. The van der Waals surface area contributed by atoms with Crippen LogP contribution in [0.1, 0.15) is 12.8 Å². The zero-order valence-corrected chi connectivity index (χ0v) is 14.8. The largest absolute Gasteiger partial charge is 0.340 e. The highest BCUT2D eigenvalue weighted by atomic mass is 32.2. The molecule has 0 unspecified atom stereocenters. The lowest BCUT2D eigenvalue weighted by Gasteiger charge is -2.38. The summed E-state index contributed by atoms with van der Waals surface area (Å²) in [6.07, 6.45) is 0.885. The summed E-state index contributed by atoms with van der Waals surface area (Å²) in [7, 11) is -3.37. The fourth-order valence-electron chi connectivity index (χ4n) is 3.70. The minimum absolute atomic E-state index is 0.117. The monoisotopic (exact) mass is 358 g/mol. The van der Waals surface area contributed by atoms with Gasteiger partial charge in [0.2, 0.25) is 5.91 Å². The zero-order valence-electron chi connectivity index (χ0n) is 14.0. The van der Waals surface area contributed by atoms with Crippen LogP contribution in [0.3, 0.4) is 0 Å². The Morgan fingerprint density at radius 1 is 1.00 bits per heavy atom.